The van der Waals surface area contributed by atoms with E-state index in [0.29, 0.717) is 5.92 Å². The van der Waals surface area contributed by atoms with Gasteiger partial charge in [0.05, 0.1) is 0 Å². The van der Waals surface area contributed by atoms with Crippen LogP contribution in [0, 0.1) is 12.8 Å². The Kier molecular flexibility index (Phi) is 3.87. The van der Waals surface area contributed by atoms with Crippen molar-refractivity contribution in [3.05, 3.63) is 33.6 Å². The fraction of sp³-hybridized carbons (Fsp3) is 0.417. The molecule has 1 nitrogen and oxygen atoms in total. The maximum atomic E-state index is 4.28. The summed E-state index contributed by atoms with van der Waals surface area (Å²) in [5.74, 6) is 0.585. The van der Waals surface area contributed by atoms with Crippen LogP contribution in [0.5, 0.6) is 0 Å². The predicted molar refractivity (Wildman–Crippen MR) is 65.2 cm³/mol. The molecule has 0 saturated heterocycles. The summed E-state index contributed by atoms with van der Waals surface area (Å²) in [5, 5.41) is 0. The van der Waals surface area contributed by atoms with E-state index in [4.69, 9.17) is 0 Å². The number of hydrogen-bond acceptors (Lipinski definition) is 1. The van der Waals surface area contributed by atoms with Crippen molar-refractivity contribution in [3.8, 4) is 0 Å². The summed E-state index contributed by atoms with van der Waals surface area (Å²) >= 11 is 3.54. The smallest absolute Gasteiger partial charge is 0.0456 e. The van der Waals surface area contributed by atoms with E-state index in [1.165, 1.54) is 11.1 Å². The molecule has 0 saturated carbocycles. The van der Waals surface area contributed by atoms with Gasteiger partial charge in [-0.25, -0.2) is 0 Å². The van der Waals surface area contributed by atoms with Crippen molar-refractivity contribution >= 4 is 22.0 Å². The first kappa shape index (κ1) is 11.4. The van der Waals surface area contributed by atoms with Crippen LogP contribution in [0.3, 0.4) is 0 Å². The van der Waals surface area contributed by atoms with E-state index in [1.54, 1.807) is 0 Å². The summed E-state index contributed by atoms with van der Waals surface area (Å²) in [4.78, 5) is 4.28. The molecule has 0 bridgehead atoms. The zero-order valence-electron chi connectivity index (χ0n) is 9.13. The van der Waals surface area contributed by atoms with E-state index >= 15 is 0 Å². The number of allylic oxidation sites excluding steroid dienone is 1. The molecule has 0 aliphatic rings. The first-order valence-corrected chi connectivity index (χ1v) is 5.61. The van der Waals surface area contributed by atoms with Gasteiger partial charge in [0.2, 0.25) is 0 Å². The molecule has 0 atom stereocenters. The number of pyridine rings is 1. The highest BCUT2D eigenvalue weighted by Crippen LogP contribution is 2.23. The van der Waals surface area contributed by atoms with Crippen LogP contribution in [-0.4, -0.2) is 4.98 Å². The van der Waals surface area contributed by atoms with E-state index in [-0.39, 0.29) is 0 Å². The van der Waals surface area contributed by atoms with Crippen LogP contribution in [0.25, 0.3) is 6.08 Å². The molecule has 0 aliphatic carbocycles. The minimum atomic E-state index is 0.585. The van der Waals surface area contributed by atoms with Crippen LogP contribution < -0.4 is 0 Å². The number of rotatable bonds is 2. The van der Waals surface area contributed by atoms with Crippen molar-refractivity contribution < 1.29 is 0 Å². The second-order valence-corrected chi connectivity index (χ2v) is 4.69. The van der Waals surface area contributed by atoms with Gasteiger partial charge in [-0.05, 0) is 25.8 Å². The van der Waals surface area contributed by atoms with Crippen molar-refractivity contribution in [2.45, 2.75) is 27.7 Å². The first-order chi connectivity index (χ1) is 6.52. The number of aromatic nitrogens is 1. The van der Waals surface area contributed by atoms with Gasteiger partial charge in [-0.1, -0.05) is 41.4 Å². The second-order valence-electron chi connectivity index (χ2n) is 3.83. The number of nitrogens with zero attached hydrogens (tertiary/aromatic N) is 1. The normalized spacial score (nSPS) is 12.3. The van der Waals surface area contributed by atoms with Gasteiger partial charge in [0.15, 0.2) is 0 Å². The van der Waals surface area contributed by atoms with Gasteiger partial charge in [-0.3, -0.25) is 4.98 Å². The largest absolute Gasteiger partial charge is 0.261 e. The number of halogens is 1. The summed E-state index contributed by atoms with van der Waals surface area (Å²) in [6, 6.07) is 1.98. The third kappa shape index (κ3) is 2.68. The standard InChI is InChI=1S/C12H16BrN/c1-8(2)9(3)7-11-10(4)14-6-5-12(11)13/h5-8H,1-4H3/b9-7+. The molecule has 1 heterocycles. The van der Waals surface area contributed by atoms with Gasteiger partial charge in [-0.15, -0.1) is 0 Å². The summed E-state index contributed by atoms with van der Waals surface area (Å²) in [6.07, 6.45) is 4.03. The second kappa shape index (κ2) is 4.74. The number of aryl methyl sites for hydroxylation is 1. The van der Waals surface area contributed by atoms with Crippen molar-refractivity contribution in [1.82, 2.24) is 4.98 Å². The molecule has 0 spiro atoms. The lowest BCUT2D eigenvalue weighted by Crippen LogP contribution is -1.92. The maximum Gasteiger partial charge on any atom is 0.0456 e. The van der Waals surface area contributed by atoms with Crippen molar-refractivity contribution in [3.63, 3.8) is 0 Å². The average molecular weight is 254 g/mol. The molecule has 0 radical (unpaired) electrons. The number of hydrogen-bond donors (Lipinski definition) is 0. The van der Waals surface area contributed by atoms with E-state index in [2.05, 4.69) is 47.8 Å². The van der Waals surface area contributed by atoms with Crippen molar-refractivity contribution in [1.29, 1.82) is 0 Å². The van der Waals surface area contributed by atoms with Crippen LogP contribution in [0.4, 0.5) is 0 Å². The van der Waals surface area contributed by atoms with Crippen molar-refractivity contribution in [2.24, 2.45) is 5.92 Å². The molecule has 14 heavy (non-hydrogen) atoms. The third-order valence-electron chi connectivity index (χ3n) is 2.42. The summed E-state index contributed by atoms with van der Waals surface area (Å²) in [5.41, 5.74) is 3.64. The summed E-state index contributed by atoms with van der Waals surface area (Å²) in [6.45, 7) is 8.59. The third-order valence-corrected chi connectivity index (χ3v) is 3.11. The van der Waals surface area contributed by atoms with E-state index in [0.717, 1.165) is 10.2 Å². The maximum absolute atomic E-state index is 4.28. The van der Waals surface area contributed by atoms with Crippen LogP contribution >= 0.6 is 15.9 Å². The molecule has 0 fully saturated rings. The highest BCUT2D eigenvalue weighted by Gasteiger charge is 2.03. The predicted octanol–water partition coefficient (Wildman–Crippen LogP) is 4.21. The molecular weight excluding hydrogens is 238 g/mol. The highest BCUT2D eigenvalue weighted by molar-refractivity contribution is 9.10. The average Bonchev–Trinajstić information content (AvgIpc) is 2.11. The Balaban J connectivity index is 3.14. The summed E-state index contributed by atoms with van der Waals surface area (Å²) in [7, 11) is 0. The quantitative estimate of drug-likeness (QED) is 0.770. The molecule has 0 amide bonds. The molecule has 0 aromatic carbocycles. The van der Waals surface area contributed by atoms with Gasteiger partial charge in [0, 0.05) is 21.9 Å². The molecule has 1 aromatic heterocycles. The SMILES string of the molecule is C/C(=C\c1c(Br)ccnc1C)C(C)C. The Labute approximate surface area is 94.4 Å². The molecule has 0 N–H and O–H groups in total. The molecule has 0 aliphatic heterocycles. The Hall–Kier alpha value is -0.630. The molecule has 2 heteroatoms. The minimum absolute atomic E-state index is 0.585. The van der Waals surface area contributed by atoms with Crippen LogP contribution in [0.2, 0.25) is 0 Å². The van der Waals surface area contributed by atoms with E-state index in [9.17, 15) is 0 Å². The Bertz CT molecular complexity index is 333. The van der Waals surface area contributed by atoms with Crippen LogP contribution in [0.15, 0.2) is 22.3 Å². The lowest BCUT2D eigenvalue weighted by Gasteiger charge is -2.07. The highest BCUT2D eigenvalue weighted by atomic mass is 79.9. The van der Waals surface area contributed by atoms with Crippen LogP contribution in [-0.2, 0) is 0 Å². The van der Waals surface area contributed by atoms with E-state index < -0.39 is 0 Å². The Morgan fingerprint density at radius 1 is 1.50 bits per heavy atom. The fourth-order valence-electron chi connectivity index (χ4n) is 1.11. The van der Waals surface area contributed by atoms with Gasteiger partial charge in [0.25, 0.3) is 0 Å². The lowest BCUT2D eigenvalue weighted by molar-refractivity contribution is 0.775. The Morgan fingerprint density at radius 3 is 2.64 bits per heavy atom. The molecule has 1 aromatic rings. The molecule has 1 rings (SSSR count). The van der Waals surface area contributed by atoms with Gasteiger partial charge < -0.3 is 0 Å². The van der Waals surface area contributed by atoms with E-state index in [1.807, 2.05) is 19.2 Å². The monoisotopic (exact) mass is 253 g/mol. The van der Waals surface area contributed by atoms with Crippen molar-refractivity contribution in [2.75, 3.05) is 0 Å². The minimum Gasteiger partial charge on any atom is -0.261 e. The summed E-state index contributed by atoms with van der Waals surface area (Å²) < 4.78 is 1.12. The van der Waals surface area contributed by atoms with Gasteiger partial charge in [-0.2, -0.15) is 0 Å². The van der Waals surface area contributed by atoms with Crippen LogP contribution in [0.1, 0.15) is 32.0 Å². The molecular formula is C12H16BrN. The zero-order valence-corrected chi connectivity index (χ0v) is 10.7. The molecule has 76 valence electrons. The van der Waals surface area contributed by atoms with Gasteiger partial charge >= 0.3 is 0 Å². The zero-order chi connectivity index (χ0) is 10.7. The van der Waals surface area contributed by atoms with Gasteiger partial charge in [0.1, 0.15) is 0 Å². The molecule has 0 unspecified atom stereocenters. The lowest BCUT2D eigenvalue weighted by atomic mass is 10.0. The fourth-order valence-corrected chi connectivity index (χ4v) is 1.63. The Morgan fingerprint density at radius 2 is 2.14 bits per heavy atom. The topological polar surface area (TPSA) is 12.9 Å². The first-order valence-electron chi connectivity index (χ1n) is 4.81.